The minimum atomic E-state index is -4.42. The van der Waals surface area contributed by atoms with Crippen molar-refractivity contribution in [2.24, 2.45) is 0 Å². The Morgan fingerprint density at radius 1 is 0.871 bits per heavy atom. The summed E-state index contributed by atoms with van der Waals surface area (Å²) in [6.07, 6.45) is -1.60. The third-order valence-electron chi connectivity index (χ3n) is 4.18. The van der Waals surface area contributed by atoms with Crippen LogP contribution in [0.5, 0.6) is 17.4 Å². The molecule has 164 valence electrons. The van der Waals surface area contributed by atoms with Crippen LogP contribution in [0.25, 0.3) is 10.8 Å². The summed E-state index contributed by atoms with van der Waals surface area (Å²) in [4.78, 5) is 3.67. The molecule has 0 spiro atoms. The molecule has 0 saturated heterocycles. The van der Waals surface area contributed by atoms with Gasteiger partial charge in [0.15, 0.2) is 0 Å². The predicted molar refractivity (Wildman–Crippen MR) is 114 cm³/mol. The highest BCUT2D eigenvalue weighted by Crippen LogP contribution is 2.32. The van der Waals surface area contributed by atoms with Gasteiger partial charge in [0.2, 0.25) is 5.88 Å². The molecule has 0 aliphatic rings. The lowest BCUT2D eigenvalue weighted by molar-refractivity contribution is -0.137. The predicted octanol–water partition coefficient (Wildman–Crippen LogP) is 6.80. The van der Waals surface area contributed by atoms with Crippen LogP contribution in [0.15, 0.2) is 65.3 Å². The number of rotatable bonds is 9. The smallest absolute Gasteiger partial charge is 0.417 e. The number of pyridine rings is 1. The summed E-state index contributed by atoms with van der Waals surface area (Å²) in [6, 6.07) is 13.4. The number of alkyl halides is 3. The van der Waals surface area contributed by atoms with Crippen LogP contribution in [0, 0.1) is 0 Å². The summed E-state index contributed by atoms with van der Waals surface area (Å²) in [5.74, 6) is 1.48. The molecule has 1 aromatic heterocycles. The van der Waals surface area contributed by atoms with Gasteiger partial charge in [-0.2, -0.15) is 13.2 Å². The first-order valence-corrected chi connectivity index (χ1v) is 10.0. The van der Waals surface area contributed by atoms with Crippen LogP contribution in [0.2, 0.25) is 0 Å². The monoisotopic (exact) mass is 471 g/mol. The standard InChI is InChI=1S/C22H18Cl2F3NO3/c23-20(24)10-13-30-19-7-2-4-16-17(19)5-1-6-18(16)29-11-3-12-31-21-9-8-15(14-28-21)22(25,26)27/h1-2,4-10,14H,3,11-13H2. The van der Waals surface area contributed by atoms with Crippen LogP contribution in [0.3, 0.4) is 0 Å². The number of nitrogens with zero attached hydrogens (tertiary/aromatic N) is 1. The van der Waals surface area contributed by atoms with Crippen LogP contribution in [0.4, 0.5) is 13.2 Å². The second-order valence-corrected chi connectivity index (χ2v) is 7.35. The summed E-state index contributed by atoms with van der Waals surface area (Å²) < 4.78 is 54.7. The Bertz CT molecular complexity index is 1040. The Hall–Kier alpha value is -2.64. The van der Waals surface area contributed by atoms with Gasteiger partial charge in [0.25, 0.3) is 0 Å². The number of hydrogen-bond donors (Lipinski definition) is 0. The quantitative estimate of drug-likeness (QED) is 0.321. The number of ether oxygens (including phenoxy) is 3. The number of hydrogen-bond acceptors (Lipinski definition) is 4. The molecule has 31 heavy (non-hydrogen) atoms. The van der Waals surface area contributed by atoms with Gasteiger partial charge in [-0.25, -0.2) is 4.98 Å². The maximum Gasteiger partial charge on any atom is 0.417 e. The van der Waals surface area contributed by atoms with E-state index in [9.17, 15) is 13.2 Å². The van der Waals surface area contributed by atoms with Gasteiger partial charge in [0, 0.05) is 29.5 Å². The molecule has 1 heterocycles. The minimum absolute atomic E-state index is 0.131. The van der Waals surface area contributed by atoms with E-state index in [1.165, 1.54) is 6.07 Å². The molecule has 0 amide bonds. The molecule has 0 radical (unpaired) electrons. The second-order valence-electron chi connectivity index (χ2n) is 6.35. The maximum absolute atomic E-state index is 12.5. The average molecular weight is 472 g/mol. The summed E-state index contributed by atoms with van der Waals surface area (Å²) >= 11 is 11.2. The summed E-state index contributed by atoms with van der Waals surface area (Å²) in [5, 5.41) is 1.76. The number of benzene rings is 2. The number of fused-ring (bicyclic) bond motifs is 1. The Morgan fingerprint density at radius 2 is 1.52 bits per heavy atom. The van der Waals surface area contributed by atoms with Crippen molar-refractivity contribution in [3.8, 4) is 17.4 Å². The van der Waals surface area contributed by atoms with Crippen molar-refractivity contribution in [1.29, 1.82) is 0 Å². The van der Waals surface area contributed by atoms with E-state index < -0.39 is 11.7 Å². The Labute approximate surface area is 187 Å². The van der Waals surface area contributed by atoms with Gasteiger partial charge >= 0.3 is 6.18 Å². The molecule has 0 aliphatic carbocycles. The van der Waals surface area contributed by atoms with E-state index in [0.717, 1.165) is 23.0 Å². The Balaban J connectivity index is 1.53. The zero-order chi connectivity index (χ0) is 22.3. The van der Waals surface area contributed by atoms with Gasteiger partial charge in [0.05, 0.1) is 18.8 Å². The summed E-state index contributed by atoms with van der Waals surface area (Å²) in [6.45, 7) is 0.848. The molecule has 3 rings (SSSR count). The molecule has 9 heteroatoms. The lowest BCUT2D eigenvalue weighted by Crippen LogP contribution is -2.08. The maximum atomic E-state index is 12.5. The zero-order valence-electron chi connectivity index (χ0n) is 16.2. The van der Waals surface area contributed by atoms with Crippen LogP contribution >= 0.6 is 23.2 Å². The molecule has 4 nitrogen and oxygen atoms in total. The second kappa shape index (κ2) is 10.6. The highest BCUT2D eigenvalue weighted by Gasteiger charge is 2.30. The van der Waals surface area contributed by atoms with E-state index in [-0.39, 0.29) is 23.6 Å². The highest BCUT2D eigenvalue weighted by atomic mass is 35.5. The first kappa shape index (κ1) is 23.0. The zero-order valence-corrected chi connectivity index (χ0v) is 17.7. The van der Waals surface area contributed by atoms with E-state index in [4.69, 9.17) is 37.4 Å². The van der Waals surface area contributed by atoms with Crippen LogP contribution in [-0.2, 0) is 6.18 Å². The van der Waals surface area contributed by atoms with Gasteiger partial charge in [-0.15, -0.1) is 0 Å². The molecule has 0 saturated carbocycles. The topological polar surface area (TPSA) is 40.6 Å². The van der Waals surface area contributed by atoms with E-state index in [1.807, 2.05) is 36.4 Å². The van der Waals surface area contributed by atoms with Gasteiger partial charge in [-0.3, -0.25) is 0 Å². The molecular formula is C22H18Cl2F3NO3. The molecule has 2 aromatic carbocycles. The first-order valence-electron chi connectivity index (χ1n) is 9.29. The Kier molecular flexibility index (Phi) is 7.87. The van der Waals surface area contributed by atoms with E-state index in [0.29, 0.717) is 24.5 Å². The Morgan fingerprint density at radius 3 is 2.10 bits per heavy atom. The van der Waals surface area contributed by atoms with Crippen molar-refractivity contribution < 1.29 is 27.4 Å². The van der Waals surface area contributed by atoms with Crippen molar-refractivity contribution in [2.45, 2.75) is 12.6 Å². The lowest BCUT2D eigenvalue weighted by Gasteiger charge is -2.12. The van der Waals surface area contributed by atoms with E-state index in [1.54, 1.807) is 6.08 Å². The molecule has 0 bridgehead atoms. The molecule has 0 atom stereocenters. The third kappa shape index (κ3) is 6.67. The molecule has 0 fully saturated rings. The molecular weight excluding hydrogens is 454 g/mol. The van der Waals surface area contributed by atoms with E-state index >= 15 is 0 Å². The minimum Gasteiger partial charge on any atom is -0.493 e. The van der Waals surface area contributed by atoms with Crippen molar-refractivity contribution >= 4 is 34.0 Å². The van der Waals surface area contributed by atoms with Gasteiger partial charge in [0.1, 0.15) is 22.6 Å². The van der Waals surface area contributed by atoms with Gasteiger partial charge in [-0.1, -0.05) is 47.5 Å². The fourth-order valence-electron chi connectivity index (χ4n) is 2.75. The van der Waals surface area contributed by atoms with Crippen molar-refractivity contribution in [3.63, 3.8) is 0 Å². The lowest BCUT2D eigenvalue weighted by atomic mass is 10.1. The van der Waals surface area contributed by atoms with E-state index in [2.05, 4.69) is 4.98 Å². The fraction of sp³-hybridized carbons (Fsp3) is 0.227. The van der Waals surface area contributed by atoms with Crippen molar-refractivity contribution in [2.75, 3.05) is 19.8 Å². The summed E-state index contributed by atoms with van der Waals surface area (Å²) in [7, 11) is 0. The van der Waals surface area contributed by atoms with Crippen LogP contribution in [0.1, 0.15) is 12.0 Å². The largest absolute Gasteiger partial charge is 0.493 e. The molecule has 0 aliphatic heterocycles. The molecule has 0 N–H and O–H groups in total. The average Bonchev–Trinajstić information content (AvgIpc) is 2.73. The normalized spacial score (nSPS) is 11.3. The molecule has 3 aromatic rings. The van der Waals surface area contributed by atoms with Gasteiger partial charge < -0.3 is 14.2 Å². The fourth-order valence-corrected chi connectivity index (χ4v) is 2.88. The van der Waals surface area contributed by atoms with Crippen LogP contribution in [-0.4, -0.2) is 24.8 Å². The van der Waals surface area contributed by atoms with Gasteiger partial charge in [-0.05, 0) is 24.3 Å². The summed E-state index contributed by atoms with van der Waals surface area (Å²) in [5.41, 5.74) is -0.815. The van der Waals surface area contributed by atoms with Crippen molar-refractivity contribution in [1.82, 2.24) is 4.98 Å². The first-order chi connectivity index (χ1) is 14.8. The highest BCUT2D eigenvalue weighted by molar-refractivity contribution is 6.55. The van der Waals surface area contributed by atoms with Crippen molar-refractivity contribution in [3.05, 3.63) is 70.9 Å². The van der Waals surface area contributed by atoms with Crippen LogP contribution < -0.4 is 14.2 Å². The molecule has 0 unspecified atom stereocenters. The number of aromatic nitrogens is 1. The SMILES string of the molecule is FC(F)(F)c1ccc(OCCCOc2cccc3c(OCC=C(Cl)Cl)cccc23)nc1. The number of halogens is 5. The third-order valence-corrected chi connectivity index (χ3v) is 4.49.